The zero-order valence-electron chi connectivity index (χ0n) is 12.0. The van der Waals surface area contributed by atoms with Gasteiger partial charge in [-0.25, -0.2) is 28.8 Å². The largest absolute Gasteiger partial charge is 0.465 e. The van der Waals surface area contributed by atoms with Gasteiger partial charge in [0.15, 0.2) is 0 Å². The van der Waals surface area contributed by atoms with Crippen molar-refractivity contribution in [2.75, 3.05) is 0 Å². The van der Waals surface area contributed by atoms with Gasteiger partial charge < -0.3 is 65.0 Å². The third-order valence-corrected chi connectivity index (χ3v) is 0. The van der Waals surface area contributed by atoms with Crippen LogP contribution in [0.15, 0.2) is 0 Å². The Bertz CT molecular complexity index is 273. The van der Waals surface area contributed by atoms with Crippen LogP contribution in [0.1, 0.15) is 0 Å². The van der Waals surface area contributed by atoms with Gasteiger partial charge in [-0.2, -0.15) is 0 Å². The minimum absolute atomic E-state index is 0. The van der Waals surface area contributed by atoms with E-state index in [1.165, 1.54) is 0 Å². The molecule has 0 aromatic rings. The normalized spacial score (nSPS) is 5.76. The molecule has 0 aliphatic rings. The molecule has 18 nitrogen and oxygen atoms in total. The maximum Gasteiger partial charge on any atom is 0.402 e. The van der Waals surface area contributed by atoms with Crippen LogP contribution in [0, 0.1) is 0 Å². The van der Waals surface area contributed by atoms with Crippen LogP contribution in [0.4, 0.5) is 28.8 Å². The number of hydrogen-bond donors (Lipinski definition) is 12. The molecule has 150 valence electrons. The number of carboxylic acid groups (broad SMARTS) is 6. The molecule has 0 unspecified atom stereocenters. The van der Waals surface area contributed by atoms with E-state index in [1.807, 2.05) is 0 Å². The molecule has 0 atom stereocenters. The van der Waals surface area contributed by atoms with E-state index in [9.17, 15) is 0 Å². The second-order valence-corrected chi connectivity index (χ2v) is 2.03. The van der Waals surface area contributed by atoms with Gasteiger partial charge >= 0.3 is 36.6 Å². The molecule has 25 heavy (non-hydrogen) atoms. The summed E-state index contributed by atoms with van der Waals surface area (Å²) in [5.41, 5.74) is 24.2. The van der Waals surface area contributed by atoms with Crippen molar-refractivity contribution in [2.24, 2.45) is 34.4 Å². The molecule has 0 heterocycles. The average molecular weight is 550 g/mol. The summed E-state index contributed by atoms with van der Waals surface area (Å²) in [5, 5.41) is 43.2. The van der Waals surface area contributed by atoms with Gasteiger partial charge in [0.05, 0.1) is 0 Å². The zero-order valence-corrected chi connectivity index (χ0v) is 14.9. The van der Waals surface area contributed by atoms with E-state index in [4.69, 9.17) is 59.4 Å². The Hall–Kier alpha value is -3.69. The summed E-state index contributed by atoms with van der Waals surface area (Å²) < 4.78 is 0. The molecular formula is C6H18N6O12W. The van der Waals surface area contributed by atoms with E-state index in [1.54, 1.807) is 0 Å². The quantitative estimate of drug-likeness (QED) is 0.152. The minimum atomic E-state index is -1.33. The predicted octanol–water partition coefficient (Wildman–Crippen LogP) is -2.26. The predicted molar refractivity (Wildman–Crippen MR) is 73.3 cm³/mol. The molecule has 19 heteroatoms. The van der Waals surface area contributed by atoms with Crippen LogP contribution >= 0.6 is 0 Å². The van der Waals surface area contributed by atoms with Gasteiger partial charge in [0, 0.05) is 21.1 Å². The number of hydrogen-bond acceptors (Lipinski definition) is 6. The van der Waals surface area contributed by atoms with Gasteiger partial charge in [0.1, 0.15) is 0 Å². The van der Waals surface area contributed by atoms with Crippen molar-refractivity contribution in [3.8, 4) is 0 Å². The molecule has 0 aromatic carbocycles. The molecule has 0 fully saturated rings. The van der Waals surface area contributed by atoms with Crippen LogP contribution in [0.25, 0.3) is 0 Å². The molecular weight excluding hydrogens is 532 g/mol. The van der Waals surface area contributed by atoms with Crippen molar-refractivity contribution in [2.45, 2.75) is 0 Å². The molecule has 0 radical (unpaired) electrons. The van der Waals surface area contributed by atoms with E-state index in [2.05, 4.69) is 34.4 Å². The first-order valence-electron chi connectivity index (χ1n) is 4.30. The van der Waals surface area contributed by atoms with Gasteiger partial charge in [0.25, 0.3) is 0 Å². The summed E-state index contributed by atoms with van der Waals surface area (Å²) in [6.07, 6.45) is -8.00. The zero-order chi connectivity index (χ0) is 21.5. The molecule has 0 saturated heterocycles. The molecule has 6 amide bonds. The van der Waals surface area contributed by atoms with Gasteiger partial charge in [-0.3, -0.25) is 0 Å². The molecule has 18 N–H and O–H groups in total. The Morgan fingerprint density at radius 1 is 0.360 bits per heavy atom. The minimum Gasteiger partial charge on any atom is -0.465 e. The molecule has 0 bridgehead atoms. The summed E-state index contributed by atoms with van der Waals surface area (Å²) in [7, 11) is 0. The Balaban J connectivity index is -0.0000000309. The van der Waals surface area contributed by atoms with Gasteiger partial charge in [0.2, 0.25) is 0 Å². The van der Waals surface area contributed by atoms with Crippen LogP contribution in [0.5, 0.6) is 0 Å². The van der Waals surface area contributed by atoms with Gasteiger partial charge in [-0.15, -0.1) is 0 Å². The fourth-order valence-corrected chi connectivity index (χ4v) is 0. The van der Waals surface area contributed by atoms with Crippen LogP contribution in [0.3, 0.4) is 0 Å². The van der Waals surface area contributed by atoms with Crippen molar-refractivity contribution < 1.29 is 80.5 Å². The standard InChI is InChI=1S/6CH3NO2.W/c6*2-1(3)4;/h6*2H2,(H,3,4);. The summed E-state index contributed by atoms with van der Waals surface area (Å²) in [6, 6.07) is 0. The monoisotopic (exact) mass is 550 g/mol. The maximum atomic E-state index is 8.78. The first kappa shape index (κ1) is 42.9. The van der Waals surface area contributed by atoms with Crippen molar-refractivity contribution in [1.29, 1.82) is 0 Å². The van der Waals surface area contributed by atoms with E-state index >= 15 is 0 Å². The number of rotatable bonds is 0. The van der Waals surface area contributed by atoms with Crippen LogP contribution in [-0.4, -0.2) is 67.2 Å². The third kappa shape index (κ3) is 499. The SMILES string of the molecule is NC(=O)O.NC(=O)O.NC(=O)O.NC(=O)O.NC(=O)O.NC(=O)O.[W]. The topological polar surface area (TPSA) is 380 Å². The fraction of sp³-hybridized carbons (Fsp3) is 0. The molecule has 0 saturated carbocycles. The van der Waals surface area contributed by atoms with E-state index in [0.717, 1.165) is 0 Å². The van der Waals surface area contributed by atoms with Crippen molar-refractivity contribution in [1.82, 2.24) is 0 Å². The van der Waals surface area contributed by atoms with Crippen molar-refractivity contribution in [3.63, 3.8) is 0 Å². The number of carbonyl (C=O) groups is 6. The Kier molecular flexibility index (Phi) is 63.5. The van der Waals surface area contributed by atoms with Gasteiger partial charge in [-0.1, -0.05) is 0 Å². The van der Waals surface area contributed by atoms with Gasteiger partial charge in [-0.05, 0) is 0 Å². The van der Waals surface area contributed by atoms with Crippen LogP contribution in [0.2, 0.25) is 0 Å². The number of amides is 6. The number of nitrogens with two attached hydrogens (primary N) is 6. The summed E-state index contributed by atoms with van der Waals surface area (Å²) >= 11 is 0. The average Bonchev–Trinajstić information content (AvgIpc) is 2.08. The summed E-state index contributed by atoms with van der Waals surface area (Å²) in [5.74, 6) is 0. The molecule has 0 aliphatic heterocycles. The first-order valence-corrected chi connectivity index (χ1v) is 4.30. The Morgan fingerprint density at radius 3 is 0.360 bits per heavy atom. The molecule has 0 spiro atoms. The second kappa shape index (κ2) is 37.0. The second-order valence-electron chi connectivity index (χ2n) is 2.03. The van der Waals surface area contributed by atoms with E-state index in [-0.39, 0.29) is 21.1 Å². The number of primary amides is 6. The smallest absolute Gasteiger partial charge is 0.402 e. The fourth-order valence-electron chi connectivity index (χ4n) is 0. The Morgan fingerprint density at radius 2 is 0.360 bits per heavy atom. The van der Waals surface area contributed by atoms with E-state index in [0.29, 0.717) is 0 Å². The van der Waals surface area contributed by atoms with E-state index < -0.39 is 36.6 Å². The molecule has 0 aromatic heterocycles. The maximum absolute atomic E-state index is 8.78. The van der Waals surface area contributed by atoms with Crippen molar-refractivity contribution in [3.05, 3.63) is 0 Å². The first-order chi connectivity index (χ1) is 10.4. The molecule has 0 aliphatic carbocycles. The summed E-state index contributed by atoms with van der Waals surface area (Å²) in [4.78, 5) is 52.7. The molecule has 0 rings (SSSR count). The third-order valence-electron chi connectivity index (χ3n) is 0. The summed E-state index contributed by atoms with van der Waals surface area (Å²) in [6.45, 7) is 0. The van der Waals surface area contributed by atoms with Crippen LogP contribution < -0.4 is 34.4 Å². The Labute approximate surface area is 152 Å². The van der Waals surface area contributed by atoms with Crippen molar-refractivity contribution >= 4 is 36.6 Å². The van der Waals surface area contributed by atoms with Crippen LogP contribution in [-0.2, 0) is 21.1 Å².